The molecule has 6 nitrogen and oxygen atoms in total. The van der Waals surface area contributed by atoms with Crippen LogP contribution in [-0.2, 0) is 0 Å². The van der Waals surface area contributed by atoms with Crippen LogP contribution in [0, 0.1) is 3.57 Å². The lowest BCUT2D eigenvalue weighted by atomic mass is 10.2. The Kier molecular flexibility index (Phi) is 5.67. The minimum Gasteiger partial charge on any atom is -0.507 e. The summed E-state index contributed by atoms with van der Waals surface area (Å²) in [6.45, 7) is 0. The Bertz CT molecular complexity index is 767. The van der Waals surface area contributed by atoms with Crippen LogP contribution in [-0.4, -0.2) is 24.0 Å². The molecule has 0 bridgehead atoms. The Morgan fingerprint density at radius 3 is 2.35 bits per heavy atom. The predicted octanol–water partition coefficient (Wildman–Crippen LogP) is 2.73. The van der Waals surface area contributed by atoms with Gasteiger partial charge < -0.3 is 9.84 Å². The fourth-order valence-electron chi connectivity index (χ4n) is 1.79. The van der Waals surface area contributed by atoms with Crippen LogP contribution in [0.25, 0.3) is 0 Å². The second-order valence-corrected chi connectivity index (χ2v) is 5.96. The van der Waals surface area contributed by atoms with Gasteiger partial charge in [-0.05, 0) is 46.9 Å². The van der Waals surface area contributed by atoms with Gasteiger partial charge in [0.2, 0.25) is 0 Å². The predicted molar refractivity (Wildman–Crippen MR) is 93.8 cm³/mol. The van der Waals surface area contributed by atoms with Crippen molar-refractivity contribution in [3.8, 4) is 11.5 Å². The molecule has 2 amide bonds. The number of ether oxygens (including phenoxy) is 1. The van der Waals surface area contributed by atoms with E-state index in [1.807, 2.05) is 22.6 Å². The molecule has 23 heavy (non-hydrogen) atoms. The normalized spacial score (nSPS) is 10.0. The first-order valence-corrected chi connectivity index (χ1v) is 7.81. The van der Waals surface area contributed by atoms with Crippen molar-refractivity contribution in [2.45, 2.75) is 0 Å². The van der Waals surface area contributed by atoms with Crippen molar-refractivity contribution in [3.05, 3.63) is 56.1 Å². The van der Waals surface area contributed by atoms with Gasteiger partial charge in [0.1, 0.15) is 11.5 Å². The Hall–Kier alpha value is -2.00. The number of carbonyl (C=O) groups excluding carboxylic acids is 2. The molecule has 0 saturated heterocycles. The molecule has 0 atom stereocenters. The van der Waals surface area contributed by atoms with E-state index in [-0.39, 0.29) is 16.9 Å². The van der Waals surface area contributed by atoms with Crippen molar-refractivity contribution in [3.63, 3.8) is 0 Å². The molecule has 120 valence electrons. The fourth-order valence-corrected chi connectivity index (χ4v) is 2.39. The van der Waals surface area contributed by atoms with Crippen LogP contribution in [0.4, 0.5) is 0 Å². The van der Waals surface area contributed by atoms with Gasteiger partial charge in [-0.1, -0.05) is 23.7 Å². The van der Waals surface area contributed by atoms with Gasteiger partial charge in [0.25, 0.3) is 11.8 Å². The van der Waals surface area contributed by atoms with E-state index in [4.69, 9.17) is 16.3 Å². The highest BCUT2D eigenvalue weighted by Crippen LogP contribution is 2.28. The zero-order chi connectivity index (χ0) is 17.0. The lowest BCUT2D eigenvalue weighted by Gasteiger charge is -2.12. The first-order valence-electron chi connectivity index (χ1n) is 6.35. The Morgan fingerprint density at radius 2 is 1.74 bits per heavy atom. The van der Waals surface area contributed by atoms with E-state index in [2.05, 4.69) is 10.9 Å². The number of amides is 2. The van der Waals surface area contributed by atoms with Gasteiger partial charge in [0.05, 0.1) is 23.3 Å². The van der Waals surface area contributed by atoms with E-state index >= 15 is 0 Å². The van der Waals surface area contributed by atoms with Crippen LogP contribution >= 0.6 is 34.2 Å². The van der Waals surface area contributed by atoms with Gasteiger partial charge >= 0.3 is 0 Å². The first-order chi connectivity index (χ1) is 10.9. The molecule has 0 aliphatic heterocycles. The van der Waals surface area contributed by atoms with Crippen LogP contribution in [0.2, 0.25) is 5.02 Å². The number of phenols is 1. The number of para-hydroxylation sites is 1. The van der Waals surface area contributed by atoms with E-state index in [9.17, 15) is 14.7 Å². The summed E-state index contributed by atoms with van der Waals surface area (Å²) in [7, 11) is 1.43. The SMILES string of the molecule is COc1cc(I)c(Cl)cc1C(=O)NNC(=O)c1ccccc1O. The molecular formula is C15H12ClIN2O4. The Balaban J connectivity index is 2.13. The number of benzene rings is 2. The summed E-state index contributed by atoms with van der Waals surface area (Å²) in [4.78, 5) is 24.1. The van der Waals surface area contributed by atoms with E-state index in [0.29, 0.717) is 10.8 Å². The van der Waals surface area contributed by atoms with Crippen molar-refractivity contribution in [2.75, 3.05) is 7.11 Å². The molecular weight excluding hydrogens is 435 g/mol. The number of halogens is 2. The quantitative estimate of drug-likeness (QED) is 0.500. The monoisotopic (exact) mass is 446 g/mol. The number of methoxy groups -OCH3 is 1. The van der Waals surface area contributed by atoms with Crippen LogP contribution in [0.3, 0.4) is 0 Å². The molecule has 2 aromatic carbocycles. The number of hydrogen-bond acceptors (Lipinski definition) is 4. The Morgan fingerprint density at radius 1 is 1.13 bits per heavy atom. The van der Waals surface area contributed by atoms with Gasteiger partial charge in [0.15, 0.2) is 0 Å². The second-order valence-electron chi connectivity index (χ2n) is 4.39. The number of phenolic OH excluding ortho intramolecular Hbond substituents is 1. The fraction of sp³-hybridized carbons (Fsp3) is 0.0667. The summed E-state index contributed by atoms with van der Waals surface area (Å²) in [5.41, 5.74) is 4.70. The second kappa shape index (κ2) is 7.51. The molecule has 2 aromatic rings. The summed E-state index contributed by atoms with van der Waals surface area (Å²) in [5.74, 6) is -1.10. The highest BCUT2D eigenvalue weighted by molar-refractivity contribution is 14.1. The first kappa shape index (κ1) is 17.4. The summed E-state index contributed by atoms with van der Waals surface area (Å²) in [6, 6.07) is 9.05. The summed E-state index contributed by atoms with van der Waals surface area (Å²) >= 11 is 8.02. The molecule has 0 aliphatic rings. The van der Waals surface area contributed by atoms with Crippen LogP contribution in [0.1, 0.15) is 20.7 Å². The summed E-state index contributed by atoms with van der Waals surface area (Å²) in [6.07, 6.45) is 0. The van der Waals surface area contributed by atoms with Crippen molar-refractivity contribution in [1.29, 1.82) is 0 Å². The molecule has 0 aliphatic carbocycles. The lowest BCUT2D eigenvalue weighted by Crippen LogP contribution is -2.41. The van der Waals surface area contributed by atoms with E-state index in [0.717, 1.165) is 3.57 Å². The average Bonchev–Trinajstić information content (AvgIpc) is 2.54. The maximum Gasteiger partial charge on any atom is 0.273 e. The maximum absolute atomic E-state index is 12.2. The van der Waals surface area contributed by atoms with E-state index in [1.165, 1.54) is 25.3 Å². The molecule has 0 unspecified atom stereocenters. The smallest absolute Gasteiger partial charge is 0.273 e. The minimum atomic E-state index is -0.646. The number of rotatable bonds is 3. The number of hydrogen-bond donors (Lipinski definition) is 3. The summed E-state index contributed by atoms with van der Waals surface area (Å²) in [5, 5.41) is 9.99. The lowest BCUT2D eigenvalue weighted by molar-refractivity contribution is 0.0843. The minimum absolute atomic E-state index is 0.0420. The zero-order valence-electron chi connectivity index (χ0n) is 11.9. The van der Waals surface area contributed by atoms with Crippen LogP contribution in [0.5, 0.6) is 11.5 Å². The molecule has 0 aromatic heterocycles. The molecule has 0 fully saturated rings. The summed E-state index contributed by atoms with van der Waals surface area (Å²) < 4.78 is 5.87. The zero-order valence-corrected chi connectivity index (χ0v) is 14.8. The largest absolute Gasteiger partial charge is 0.507 e. The third-order valence-electron chi connectivity index (χ3n) is 2.93. The van der Waals surface area contributed by atoms with E-state index in [1.54, 1.807) is 18.2 Å². The van der Waals surface area contributed by atoms with Gasteiger partial charge in [-0.15, -0.1) is 0 Å². The molecule has 0 saturated carbocycles. The molecule has 3 N–H and O–H groups in total. The highest BCUT2D eigenvalue weighted by Gasteiger charge is 2.17. The van der Waals surface area contributed by atoms with Crippen LogP contribution in [0.15, 0.2) is 36.4 Å². The van der Waals surface area contributed by atoms with Gasteiger partial charge in [-0.2, -0.15) is 0 Å². The van der Waals surface area contributed by atoms with Crippen LogP contribution < -0.4 is 15.6 Å². The number of carbonyl (C=O) groups is 2. The topological polar surface area (TPSA) is 87.7 Å². The number of nitrogens with one attached hydrogen (secondary N) is 2. The van der Waals surface area contributed by atoms with Crippen molar-refractivity contribution in [2.24, 2.45) is 0 Å². The van der Waals surface area contributed by atoms with Gasteiger partial charge in [-0.25, -0.2) is 0 Å². The molecule has 0 spiro atoms. The molecule has 0 heterocycles. The van der Waals surface area contributed by atoms with Crippen molar-refractivity contribution < 1.29 is 19.4 Å². The molecule has 8 heteroatoms. The highest BCUT2D eigenvalue weighted by atomic mass is 127. The maximum atomic E-state index is 12.2. The Labute approximate surface area is 150 Å². The molecule has 0 radical (unpaired) electrons. The van der Waals surface area contributed by atoms with Gasteiger partial charge in [-0.3, -0.25) is 20.4 Å². The molecule has 2 rings (SSSR count). The van der Waals surface area contributed by atoms with Crippen molar-refractivity contribution in [1.82, 2.24) is 10.9 Å². The van der Waals surface area contributed by atoms with E-state index < -0.39 is 11.8 Å². The average molecular weight is 447 g/mol. The number of aromatic hydroxyl groups is 1. The van der Waals surface area contributed by atoms with Gasteiger partial charge in [0, 0.05) is 3.57 Å². The van der Waals surface area contributed by atoms with Crippen molar-refractivity contribution >= 4 is 46.0 Å². The third kappa shape index (κ3) is 4.05. The standard InChI is InChI=1S/C15H12ClIN2O4/c1-23-13-7-11(17)10(16)6-9(13)15(22)19-18-14(21)8-4-2-3-5-12(8)20/h2-7,20H,1H3,(H,18,21)(H,19,22). The number of hydrazine groups is 1. The third-order valence-corrected chi connectivity index (χ3v) is 4.45.